The topological polar surface area (TPSA) is 17.1 Å². The minimum absolute atomic E-state index is 0.0172. The van der Waals surface area contributed by atoms with E-state index in [1.54, 1.807) is 0 Å². The zero-order valence-electron chi connectivity index (χ0n) is 10.0. The van der Waals surface area contributed by atoms with Gasteiger partial charge in [-0.25, -0.2) is 0 Å². The Balaban J connectivity index is 2.70. The molecule has 0 heterocycles. The van der Waals surface area contributed by atoms with Crippen LogP contribution in [0.15, 0.2) is 41.3 Å². The maximum Gasteiger partial charge on any atom is 0.424 e. The number of hydrogen-bond acceptors (Lipinski definition) is 1. The van der Waals surface area contributed by atoms with E-state index in [2.05, 4.69) is 0 Å². The van der Waals surface area contributed by atoms with Gasteiger partial charge in [0, 0.05) is 5.75 Å². The molecule has 1 aromatic rings. The lowest BCUT2D eigenvalue weighted by Crippen LogP contribution is -2.17. The van der Waals surface area contributed by atoms with E-state index in [9.17, 15) is 17.4 Å². The van der Waals surface area contributed by atoms with Crippen LogP contribution in [0, 0.1) is 0 Å². The summed E-state index contributed by atoms with van der Waals surface area (Å²) in [6, 6.07) is 9.25. The second-order valence-corrected chi connectivity index (χ2v) is 5.43. The van der Waals surface area contributed by atoms with E-state index in [1.165, 1.54) is 6.92 Å². The van der Waals surface area contributed by atoms with Crippen LogP contribution in [0.2, 0.25) is 0 Å². The summed E-state index contributed by atoms with van der Waals surface area (Å²) in [6.07, 6.45) is -2.70. The van der Waals surface area contributed by atoms with Crippen LogP contribution in [0.5, 0.6) is 0 Å². The first-order chi connectivity index (χ1) is 8.45. The number of allylic oxidation sites excluding steroid dienone is 2. The third-order valence-corrected chi connectivity index (χ3v) is 3.81. The summed E-state index contributed by atoms with van der Waals surface area (Å²) >= 11 is 0. The lowest BCUT2D eigenvalue weighted by molar-refractivity contribution is -0.0842. The zero-order chi connectivity index (χ0) is 13.6. The summed E-state index contributed by atoms with van der Waals surface area (Å²) in [7, 11) is -1.96. The van der Waals surface area contributed by atoms with Gasteiger partial charge < -0.3 is 0 Å². The zero-order valence-corrected chi connectivity index (χ0v) is 10.9. The van der Waals surface area contributed by atoms with Crippen LogP contribution in [0.1, 0.15) is 18.9 Å². The predicted octanol–water partition coefficient (Wildman–Crippen LogP) is 3.83. The maximum atomic E-state index is 12.6. The lowest BCUT2D eigenvalue weighted by Gasteiger charge is -2.10. The highest BCUT2D eigenvalue weighted by Gasteiger charge is 2.36. The van der Waals surface area contributed by atoms with Gasteiger partial charge in [0.05, 0.1) is 10.8 Å². The molecule has 1 unspecified atom stereocenters. The molecule has 0 radical (unpaired) electrons. The van der Waals surface area contributed by atoms with E-state index >= 15 is 0 Å². The van der Waals surface area contributed by atoms with Gasteiger partial charge in [0.15, 0.2) is 0 Å². The largest absolute Gasteiger partial charge is 0.424 e. The number of aryl methyl sites for hydroxylation is 1. The molecule has 0 saturated heterocycles. The molecule has 100 valence electrons. The Morgan fingerprint density at radius 2 is 1.89 bits per heavy atom. The fourth-order valence-electron chi connectivity index (χ4n) is 1.51. The Labute approximate surface area is 107 Å². The summed E-state index contributed by atoms with van der Waals surface area (Å²) in [5.41, 5.74) is 0.970. The van der Waals surface area contributed by atoms with Crippen LogP contribution in [0.25, 0.3) is 0 Å². The average molecular weight is 276 g/mol. The van der Waals surface area contributed by atoms with Gasteiger partial charge >= 0.3 is 6.18 Å². The standard InChI is InChI=1S/C13H15F3OS/c1-2-18(17)12(13(14,15)16)10-6-9-11-7-4-3-5-8-11/h3-5,7-8,10H,2,6,9H2,1H3/b12-10-. The SMILES string of the molecule is CCS(=O)/C(=C\CCc1ccccc1)C(F)(F)F. The molecule has 1 aromatic carbocycles. The first-order valence-electron chi connectivity index (χ1n) is 5.64. The number of rotatable bonds is 5. The molecule has 0 aliphatic heterocycles. The predicted molar refractivity (Wildman–Crippen MR) is 67.6 cm³/mol. The summed E-state index contributed by atoms with van der Waals surface area (Å²) in [5, 5.41) is 0. The molecule has 1 atom stereocenters. The normalized spacial score (nSPS) is 14.6. The van der Waals surface area contributed by atoms with E-state index in [0.717, 1.165) is 11.6 Å². The van der Waals surface area contributed by atoms with Crippen molar-refractivity contribution in [3.8, 4) is 0 Å². The van der Waals surface area contributed by atoms with Crippen LogP contribution in [0.3, 0.4) is 0 Å². The Morgan fingerprint density at radius 3 is 2.39 bits per heavy atom. The minimum atomic E-state index is -4.50. The van der Waals surface area contributed by atoms with Gasteiger partial charge in [-0.15, -0.1) is 0 Å². The van der Waals surface area contributed by atoms with Gasteiger partial charge in [-0.1, -0.05) is 43.3 Å². The fourth-order valence-corrected chi connectivity index (χ4v) is 2.38. The maximum absolute atomic E-state index is 12.6. The average Bonchev–Trinajstić information content (AvgIpc) is 2.33. The van der Waals surface area contributed by atoms with E-state index in [1.807, 2.05) is 30.3 Å². The minimum Gasteiger partial charge on any atom is -0.254 e. The Bertz CT molecular complexity index is 424. The van der Waals surface area contributed by atoms with Crippen molar-refractivity contribution in [3.63, 3.8) is 0 Å². The summed E-state index contributed by atoms with van der Waals surface area (Å²) in [5.74, 6) is -0.0172. The van der Waals surface area contributed by atoms with Gasteiger partial charge in [-0.05, 0) is 18.4 Å². The van der Waals surface area contributed by atoms with E-state index in [4.69, 9.17) is 0 Å². The molecule has 0 fully saturated rings. The number of benzene rings is 1. The van der Waals surface area contributed by atoms with Crippen molar-refractivity contribution in [2.45, 2.75) is 25.9 Å². The van der Waals surface area contributed by atoms with Crippen molar-refractivity contribution in [2.75, 3.05) is 5.75 Å². The molecule has 5 heteroatoms. The fraction of sp³-hybridized carbons (Fsp3) is 0.385. The van der Waals surface area contributed by atoms with Crippen molar-refractivity contribution in [3.05, 3.63) is 46.9 Å². The number of halogens is 3. The van der Waals surface area contributed by atoms with Crippen LogP contribution in [0.4, 0.5) is 13.2 Å². The van der Waals surface area contributed by atoms with Gasteiger partial charge in [-0.2, -0.15) is 13.2 Å². The van der Waals surface area contributed by atoms with Crippen molar-refractivity contribution >= 4 is 10.8 Å². The third-order valence-electron chi connectivity index (χ3n) is 2.39. The Kier molecular flexibility index (Phi) is 5.59. The van der Waals surface area contributed by atoms with Crippen LogP contribution in [-0.4, -0.2) is 16.1 Å². The second kappa shape index (κ2) is 6.73. The molecule has 0 aliphatic rings. The molecule has 0 aromatic heterocycles. The molecule has 0 aliphatic carbocycles. The van der Waals surface area contributed by atoms with Gasteiger partial charge in [0.1, 0.15) is 4.91 Å². The van der Waals surface area contributed by atoms with Crippen LogP contribution >= 0.6 is 0 Å². The lowest BCUT2D eigenvalue weighted by atomic mass is 10.1. The van der Waals surface area contributed by atoms with Gasteiger partial charge in [0.25, 0.3) is 0 Å². The Hall–Kier alpha value is -1.10. The highest BCUT2D eigenvalue weighted by molar-refractivity contribution is 7.89. The molecular weight excluding hydrogens is 261 g/mol. The second-order valence-electron chi connectivity index (χ2n) is 3.72. The number of hydrogen-bond donors (Lipinski definition) is 0. The van der Waals surface area contributed by atoms with Crippen molar-refractivity contribution in [2.24, 2.45) is 0 Å². The summed E-state index contributed by atoms with van der Waals surface area (Å²) in [6.45, 7) is 1.48. The van der Waals surface area contributed by atoms with E-state index in [-0.39, 0.29) is 12.2 Å². The molecule has 0 saturated carbocycles. The number of alkyl halides is 3. The van der Waals surface area contributed by atoms with E-state index in [0.29, 0.717) is 6.42 Å². The van der Waals surface area contributed by atoms with Crippen molar-refractivity contribution in [1.82, 2.24) is 0 Å². The van der Waals surface area contributed by atoms with Crippen molar-refractivity contribution in [1.29, 1.82) is 0 Å². The molecule has 0 amide bonds. The molecule has 0 N–H and O–H groups in total. The third kappa shape index (κ3) is 4.64. The Morgan fingerprint density at radius 1 is 1.28 bits per heavy atom. The first-order valence-corrected chi connectivity index (χ1v) is 6.96. The quantitative estimate of drug-likeness (QED) is 0.798. The first kappa shape index (κ1) is 15.0. The van der Waals surface area contributed by atoms with Crippen molar-refractivity contribution < 1.29 is 17.4 Å². The smallest absolute Gasteiger partial charge is 0.254 e. The molecule has 0 spiro atoms. The van der Waals surface area contributed by atoms with Crippen LogP contribution < -0.4 is 0 Å². The molecular formula is C13H15F3OS. The van der Waals surface area contributed by atoms with Gasteiger partial charge in [-0.3, -0.25) is 4.21 Å². The summed E-state index contributed by atoms with van der Waals surface area (Å²) < 4.78 is 49.2. The van der Waals surface area contributed by atoms with Gasteiger partial charge in [0.2, 0.25) is 0 Å². The highest BCUT2D eigenvalue weighted by atomic mass is 32.2. The summed E-state index contributed by atoms with van der Waals surface area (Å²) in [4.78, 5) is -0.916. The molecule has 0 bridgehead atoms. The molecule has 18 heavy (non-hydrogen) atoms. The molecule has 1 nitrogen and oxygen atoms in total. The van der Waals surface area contributed by atoms with Crippen LogP contribution in [-0.2, 0) is 17.2 Å². The molecule has 1 rings (SSSR count). The van der Waals surface area contributed by atoms with E-state index < -0.39 is 21.9 Å². The highest BCUT2D eigenvalue weighted by Crippen LogP contribution is 2.28. The monoisotopic (exact) mass is 276 g/mol.